The van der Waals surface area contributed by atoms with Gasteiger partial charge in [-0.15, -0.1) is 0 Å². The molecule has 5 aromatic rings. The van der Waals surface area contributed by atoms with Crippen LogP contribution in [-0.2, 0) is 11.4 Å². The highest BCUT2D eigenvalue weighted by Crippen LogP contribution is 2.37. The fourth-order valence-corrected chi connectivity index (χ4v) is 6.82. The van der Waals surface area contributed by atoms with Gasteiger partial charge in [0, 0.05) is 5.69 Å². The highest BCUT2D eigenvalue weighted by Gasteiger charge is 2.32. The molecule has 1 aromatic heterocycles. The van der Waals surface area contributed by atoms with Crippen LogP contribution in [-0.4, -0.2) is 35.8 Å². The van der Waals surface area contributed by atoms with Gasteiger partial charge in [0.1, 0.15) is 12.4 Å². The molecule has 2 N–H and O–H groups in total. The Kier molecular flexibility index (Phi) is 9.65. The van der Waals surface area contributed by atoms with Crippen LogP contribution in [0.3, 0.4) is 0 Å². The number of carboxylic acid groups (broad SMARTS) is 1. The number of anilines is 1. The number of halogens is 1. The number of para-hydroxylation sites is 1. The van der Waals surface area contributed by atoms with Crippen molar-refractivity contribution in [2.24, 2.45) is 4.99 Å². The Morgan fingerprint density at radius 1 is 1.00 bits per heavy atom. The van der Waals surface area contributed by atoms with Crippen molar-refractivity contribution in [1.82, 2.24) is 4.57 Å². The number of hydrogen-bond acceptors (Lipinski definition) is 8. The van der Waals surface area contributed by atoms with Gasteiger partial charge in [0.2, 0.25) is 0 Å². The molecule has 4 aromatic carbocycles. The van der Waals surface area contributed by atoms with Crippen molar-refractivity contribution in [1.29, 1.82) is 0 Å². The molecular weight excluding hydrogens is 666 g/mol. The van der Waals surface area contributed by atoms with E-state index in [0.29, 0.717) is 54.5 Å². The summed E-state index contributed by atoms with van der Waals surface area (Å²) in [6.07, 6.45) is 1.69. The molecule has 0 unspecified atom stereocenters. The molecule has 1 aliphatic rings. The molecular formula is C37H30ClN3O7S. The van der Waals surface area contributed by atoms with Gasteiger partial charge >= 0.3 is 5.97 Å². The number of fused-ring (bicyclic) bond motifs is 1. The van der Waals surface area contributed by atoms with E-state index in [9.17, 15) is 19.5 Å². The summed E-state index contributed by atoms with van der Waals surface area (Å²) in [5.41, 5.74) is 3.18. The number of carbonyl (C=O) groups is 2. The summed E-state index contributed by atoms with van der Waals surface area (Å²) in [6, 6.07) is 25.3. The first-order chi connectivity index (χ1) is 23.7. The molecule has 0 fully saturated rings. The van der Waals surface area contributed by atoms with Gasteiger partial charge in [0.05, 0.1) is 46.7 Å². The number of ether oxygens (including phenoxy) is 3. The molecule has 0 saturated carbocycles. The second kappa shape index (κ2) is 14.2. The second-order valence-corrected chi connectivity index (χ2v) is 12.4. The number of carbonyl (C=O) groups excluding carboxylic acids is 1. The molecule has 0 radical (unpaired) electrons. The first kappa shape index (κ1) is 33.3. The van der Waals surface area contributed by atoms with Crippen LogP contribution in [0.15, 0.2) is 112 Å². The summed E-state index contributed by atoms with van der Waals surface area (Å²) in [7, 11) is 3.04. The predicted molar refractivity (Wildman–Crippen MR) is 188 cm³/mol. The summed E-state index contributed by atoms with van der Waals surface area (Å²) in [5.74, 6) is -0.173. The summed E-state index contributed by atoms with van der Waals surface area (Å²) >= 11 is 7.85. The number of carboxylic acids is 1. The zero-order valence-corrected chi connectivity index (χ0v) is 28.2. The average molecular weight is 696 g/mol. The second-order valence-electron chi connectivity index (χ2n) is 11.0. The van der Waals surface area contributed by atoms with Crippen LogP contribution in [0.1, 0.15) is 40.0 Å². The zero-order valence-electron chi connectivity index (χ0n) is 26.6. The summed E-state index contributed by atoms with van der Waals surface area (Å²) < 4.78 is 18.8. The Bertz CT molecular complexity index is 2280. The van der Waals surface area contributed by atoms with E-state index in [1.54, 1.807) is 68.6 Å². The fraction of sp³-hybridized carbons (Fsp3) is 0.135. The van der Waals surface area contributed by atoms with Gasteiger partial charge in [-0.2, -0.15) is 0 Å². The Balaban J connectivity index is 1.38. The van der Waals surface area contributed by atoms with Crippen molar-refractivity contribution < 1.29 is 28.9 Å². The van der Waals surface area contributed by atoms with Gasteiger partial charge < -0.3 is 24.6 Å². The van der Waals surface area contributed by atoms with Gasteiger partial charge in [-0.1, -0.05) is 65.4 Å². The van der Waals surface area contributed by atoms with Crippen LogP contribution in [0.5, 0.6) is 17.2 Å². The number of nitrogens with zero attached hydrogens (tertiary/aromatic N) is 2. The van der Waals surface area contributed by atoms with E-state index >= 15 is 0 Å². The lowest BCUT2D eigenvalue weighted by Gasteiger charge is -2.25. The van der Waals surface area contributed by atoms with Crippen LogP contribution >= 0.6 is 22.9 Å². The number of thiazole rings is 1. The number of amides is 1. The van der Waals surface area contributed by atoms with Crippen LogP contribution < -0.4 is 34.4 Å². The van der Waals surface area contributed by atoms with E-state index in [4.69, 9.17) is 30.8 Å². The number of methoxy groups -OCH3 is 2. The first-order valence-corrected chi connectivity index (χ1v) is 16.2. The first-order valence-electron chi connectivity index (χ1n) is 15.0. The van der Waals surface area contributed by atoms with Crippen molar-refractivity contribution in [3.05, 3.63) is 149 Å². The third kappa shape index (κ3) is 6.99. The van der Waals surface area contributed by atoms with Gasteiger partial charge in [-0.3, -0.25) is 14.2 Å². The largest absolute Gasteiger partial charge is 0.497 e. The molecule has 0 spiro atoms. The standard InChI is InChI=1S/C37H30ClN3O7S/c1-21-31(34(42)40-26-10-5-4-6-11-26)32(24-12-14-27(46-2)15-13-24)41-35(43)30(49-37(41)39-21)19-23-17-28(38)33(29(18-23)47-3)48-20-22-8-7-9-25(16-22)36(44)45/h4-19,32H,20H2,1-3H3,(H,40,42)(H,44,45)/b30-19+/t32-/m0/s1. The molecule has 0 aliphatic carbocycles. The van der Waals surface area contributed by atoms with E-state index in [-0.39, 0.29) is 34.4 Å². The molecule has 1 atom stereocenters. The predicted octanol–water partition coefficient (Wildman–Crippen LogP) is 5.82. The Hall–Kier alpha value is -5.65. The quantitative estimate of drug-likeness (QED) is 0.188. The minimum atomic E-state index is -1.04. The van der Waals surface area contributed by atoms with E-state index in [2.05, 4.69) is 5.32 Å². The minimum absolute atomic E-state index is 0.0556. The summed E-state index contributed by atoms with van der Waals surface area (Å²) in [6.45, 7) is 1.81. The smallest absolute Gasteiger partial charge is 0.335 e. The maximum atomic E-state index is 14.2. The number of allylic oxidation sites excluding steroid dienone is 1. The SMILES string of the molecule is COc1ccc([C@H]2C(C(=O)Nc3ccccc3)=C(C)N=c3s/c(=C/c4cc(Cl)c(OCc5cccc(C(=O)O)c5)c(OC)c4)c(=O)n32)cc1. The molecule has 248 valence electrons. The Morgan fingerprint density at radius 3 is 2.45 bits per heavy atom. The Morgan fingerprint density at radius 2 is 1.76 bits per heavy atom. The monoisotopic (exact) mass is 695 g/mol. The van der Waals surface area contributed by atoms with Crippen molar-refractivity contribution in [3.8, 4) is 17.2 Å². The molecule has 49 heavy (non-hydrogen) atoms. The minimum Gasteiger partial charge on any atom is -0.497 e. The molecule has 1 amide bonds. The van der Waals surface area contributed by atoms with E-state index in [0.717, 1.165) is 0 Å². The number of aromatic carboxylic acids is 1. The van der Waals surface area contributed by atoms with Gasteiger partial charge in [-0.25, -0.2) is 9.79 Å². The highest BCUT2D eigenvalue weighted by molar-refractivity contribution is 7.07. The third-order valence-corrected chi connectivity index (χ3v) is 9.10. The summed E-state index contributed by atoms with van der Waals surface area (Å²) in [4.78, 5) is 44.5. The summed E-state index contributed by atoms with van der Waals surface area (Å²) in [5, 5.41) is 12.5. The number of hydrogen-bond donors (Lipinski definition) is 2. The molecule has 2 heterocycles. The van der Waals surface area contributed by atoms with Crippen LogP contribution in [0.25, 0.3) is 6.08 Å². The maximum Gasteiger partial charge on any atom is 0.335 e. The topological polar surface area (TPSA) is 128 Å². The molecule has 6 rings (SSSR count). The van der Waals surface area contributed by atoms with Crippen molar-refractivity contribution in [2.45, 2.75) is 19.6 Å². The van der Waals surface area contributed by atoms with Crippen molar-refractivity contribution in [3.63, 3.8) is 0 Å². The third-order valence-electron chi connectivity index (χ3n) is 7.84. The van der Waals surface area contributed by atoms with E-state index in [1.165, 1.54) is 35.1 Å². The number of aromatic nitrogens is 1. The van der Waals surface area contributed by atoms with E-state index < -0.39 is 12.0 Å². The van der Waals surface area contributed by atoms with Crippen molar-refractivity contribution in [2.75, 3.05) is 19.5 Å². The molecule has 12 heteroatoms. The zero-order chi connectivity index (χ0) is 34.7. The van der Waals surface area contributed by atoms with E-state index in [1.807, 2.05) is 30.3 Å². The van der Waals surface area contributed by atoms with Gasteiger partial charge in [0.25, 0.3) is 11.5 Å². The number of rotatable bonds is 10. The lowest BCUT2D eigenvalue weighted by atomic mass is 9.95. The molecule has 0 bridgehead atoms. The molecule has 10 nitrogen and oxygen atoms in total. The number of nitrogens with one attached hydrogen (secondary N) is 1. The fourth-order valence-electron chi connectivity index (χ4n) is 5.50. The Labute approximate surface area is 289 Å². The van der Waals surface area contributed by atoms with Gasteiger partial charge in [-0.05, 0) is 78.2 Å². The van der Waals surface area contributed by atoms with Crippen LogP contribution in [0, 0.1) is 0 Å². The van der Waals surface area contributed by atoms with Crippen molar-refractivity contribution >= 4 is 46.6 Å². The lowest BCUT2D eigenvalue weighted by molar-refractivity contribution is -0.113. The van der Waals surface area contributed by atoms with Crippen LogP contribution in [0.2, 0.25) is 5.02 Å². The molecule has 0 saturated heterocycles. The number of benzene rings is 4. The highest BCUT2D eigenvalue weighted by atomic mass is 35.5. The van der Waals surface area contributed by atoms with Gasteiger partial charge in [0.15, 0.2) is 16.3 Å². The van der Waals surface area contributed by atoms with Crippen LogP contribution in [0.4, 0.5) is 5.69 Å². The average Bonchev–Trinajstić information content (AvgIpc) is 3.40. The maximum absolute atomic E-state index is 14.2. The lowest BCUT2D eigenvalue weighted by Crippen LogP contribution is -2.40. The normalized spacial score (nSPS) is 14.1. The molecule has 1 aliphatic heterocycles.